The van der Waals surface area contributed by atoms with Crippen LogP contribution < -0.4 is 10.6 Å². The van der Waals surface area contributed by atoms with E-state index < -0.39 is 0 Å². The van der Waals surface area contributed by atoms with Gasteiger partial charge >= 0.3 is 0 Å². The van der Waals surface area contributed by atoms with Crippen molar-refractivity contribution in [2.24, 2.45) is 5.73 Å². The average Bonchev–Trinajstić information content (AvgIpc) is 2.43. The van der Waals surface area contributed by atoms with Gasteiger partial charge in [0, 0.05) is 29.3 Å². The third kappa shape index (κ3) is 2.93. The third-order valence-corrected chi connectivity index (χ3v) is 3.28. The van der Waals surface area contributed by atoms with Gasteiger partial charge in [-0.3, -0.25) is 0 Å². The van der Waals surface area contributed by atoms with Crippen molar-refractivity contribution in [2.75, 3.05) is 11.4 Å². The van der Waals surface area contributed by atoms with E-state index >= 15 is 0 Å². The zero-order chi connectivity index (χ0) is 13.8. The van der Waals surface area contributed by atoms with Crippen LogP contribution in [0, 0.1) is 5.82 Å². The molecule has 0 bridgehead atoms. The van der Waals surface area contributed by atoms with E-state index in [0.717, 1.165) is 10.0 Å². The van der Waals surface area contributed by atoms with Gasteiger partial charge < -0.3 is 10.6 Å². The van der Waals surface area contributed by atoms with Crippen LogP contribution in [0.3, 0.4) is 0 Å². The first-order valence-corrected chi connectivity index (χ1v) is 6.83. The lowest BCUT2D eigenvalue weighted by Gasteiger charge is -2.24. The Balaban J connectivity index is 2.51. The molecule has 0 aliphatic rings. The molecule has 0 aliphatic heterocycles. The number of hydrogen-bond acceptors (Lipinski definition) is 3. The number of anilines is 2. The molecule has 0 atom stereocenters. The van der Waals surface area contributed by atoms with Gasteiger partial charge in [0.05, 0.1) is 5.69 Å². The van der Waals surface area contributed by atoms with Crippen molar-refractivity contribution in [3.63, 3.8) is 0 Å². The molecule has 100 valence electrons. The number of nitrogens with two attached hydrogens (primary N) is 1. The Labute approximate surface area is 120 Å². The van der Waals surface area contributed by atoms with Gasteiger partial charge in [-0.15, -0.1) is 0 Å². The smallest absolute Gasteiger partial charge is 0.146 e. The first-order valence-electron chi connectivity index (χ1n) is 6.04. The molecule has 5 heteroatoms. The second kappa shape index (κ2) is 6.12. The molecule has 0 saturated carbocycles. The largest absolute Gasteiger partial charge is 0.326 e. The molecular formula is C14H15BrFN3. The number of halogens is 2. The monoisotopic (exact) mass is 323 g/mol. The summed E-state index contributed by atoms with van der Waals surface area (Å²) in [5.74, 6) is 0.426. The number of nitrogens with zero attached hydrogens (tertiary/aromatic N) is 2. The maximum Gasteiger partial charge on any atom is 0.146 e. The molecule has 0 unspecified atom stereocenters. The van der Waals surface area contributed by atoms with Crippen LogP contribution in [0.4, 0.5) is 15.9 Å². The molecule has 1 heterocycles. The van der Waals surface area contributed by atoms with Crippen molar-refractivity contribution in [3.05, 3.63) is 52.4 Å². The molecule has 2 N–H and O–H groups in total. The third-order valence-electron chi connectivity index (χ3n) is 2.84. The van der Waals surface area contributed by atoms with E-state index in [1.807, 2.05) is 24.0 Å². The highest BCUT2D eigenvalue weighted by atomic mass is 79.9. The van der Waals surface area contributed by atoms with Gasteiger partial charge in [0.2, 0.25) is 0 Å². The Kier molecular flexibility index (Phi) is 4.50. The lowest BCUT2D eigenvalue weighted by molar-refractivity contribution is 0.625. The Bertz CT molecular complexity index is 574. The number of para-hydroxylation sites is 1. The number of aromatic nitrogens is 1. The normalized spacial score (nSPS) is 10.5. The highest BCUT2D eigenvalue weighted by molar-refractivity contribution is 9.10. The van der Waals surface area contributed by atoms with E-state index in [4.69, 9.17) is 5.73 Å². The maximum atomic E-state index is 13.9. The summed E-state index contributed by atoms with van der Waals surface area (Å²) in [7, 11) is 0. The molecule has 0 spiro atoms. The number of benzene rings is 1. The second-order valence-corrected chi connectivity index (χ2v) is 4.95. The van der Waals surface area contributed by atoms with Gasteiger partial charge in [-0.1, -0.05) is 12.1 Å². The fourth-order valence-electron chi connectivity index (χ4n) is 1.97. The Morgan fingerprint density at radius 1 is 1.37 bits per heavy atom. The van der Waals surface area contributed by atoms with Crippen molar-refractivity contribution in [1.82, 2.24) is 4.98 Å². The van der Waals surface area contributed by atoms with Crippen LogP contribution in [0.25, 0.3) is 0 Å². The zero-order valence-electron chi connectivity index (χ0n) is 10.6. The fraction of sp³-hybridized carbons (Fsp3) is 0.214. The van der Waals surface area contributed by atoms with Crippen LogP contribution in [0.15, 0.2) is 41.0 Å². The number of hydrogen-bond donors (Lipinski definition) is 1. The van der Waals surface area contributed by atoms with E-state index in [2.05, 4.69) is 20.9 Å². The molecule has 2 rings (SSSR count). The Morgan fingerprint density at radius 2 is 2.11 bits per heavy atom. The van der Waals surface area contributed by atoms with Crippen molar-refractivity contribution in [2.45, 2.75) is 13.5 Å². The molecule has 3 nitrogen and oxygen atoms in total. The van der Waals surface area contributed by atoms with E-state index in [9.17, 15) is 4.39 Å². The summed E-state index contributed by atoms with van der Waals surface area (Å²) in [6.45, 7) is 2.92. The molecule has 0 fully saturated rings. The van der Waals surface area contributed by atoms with E-state index in [0.29, 0.717) is 24.6 Å². The summed E-state index contributed by atoms with van der Waals surface area (Å²) in [6.07, 6.45) is 1.69. The summed E-state index contributed by atoms with van der Waals surface area (Å²) in [4.78, 5) is 6.19. The second-order valence-electron chi connectivity index (χ2n) is 4.04. The topological polar surface area (TPSA) is 42.2 Å². The Hall–Kier alpha value is -1.46. The Morgan fingerprint density at radius 3 is 2.74 bits per heavy atom. The number of pyridine rings is 1. The first-order chi connectivity index (χ1) is 9.17. The summed E-state index contributed by atoms with van der Waals surface area (Å²) in [5, 5.41) is 0. The standard InChI is InChI=1S/C14H15BrFN3/c1-2-19(13-6-4-3-5-12(13)16)14-10(8-17)7-11(15)9-18-14/h3-7,9H,2,8,17H2,1H3. The lowest BCUT2D eigenvalue weighted by Crippen LogP contribution is -2.21. The van der Waals surface area contributed by atoms with Gasteiger partial charge in [-0.05, 0) is 41.1 Å². The van der Waals surface area contributed by atoms with Crippen LogP contribution in [0.5, 0.6) is 0 Å². The van der Waals surface area contributed by atoms with E-state index in [-0.39, 0.29) is 5.82 Å². The molecule has 2 aromatic rings. The van der Waals surface area contributed by atoms with Gasteiger partial charge in [0.1, 0.15) is 11.6 Å². The predicted octanol–water partition coefficient (Wildman–Crippen LogP) is 3.60. The van der Waals surface area contributed by atoms with Gasteiger partial charge in [-0.2, -0.15) is 0 Å². The van der Waals surface area contributed by atoms with Crippen LogP contribution in [0.1, 0.15) is 12.5 Å². The SMILES string of the molecule is CCN(c1ccccc1F)c1ncc(Br)cc1CN. The molecule has 0 saturated heterocycles. The molecule has 0 aliphatic carbocycles. The molecular weight excluding hydrogens is 309 g/mol. The zero-order valence-corrected chi connectivity index (χ0v) is 12.2. The van der Waals surface area contributed by atoms with Gasteiger partial charge in [0.25, 0.3) is 0 Å². The predicted molar refractivity (Wildman–Crippen MR) is 78.9 cm³/mol. The molecule has 19 heavy (non-hydrogen) atoms. The van der Waals surface area contributed by atoms with Crippen LogP contribution in [0.2, 0.25) is 0 Å². The quantitative estimate of drug-likeness (QED) is 0.934. The fourth-order valence-corrected chi connectivity index (χ4v) is 2.35. The summed E-state index contributed by atoms with van der Waals surface area (Å²) < 4.78 is 14.8. The minimum absolute atomic E-state index is 0.267. The highest BCUT2D eigenvalue weighted by Crippen LogP contribution is 2.29. The van der Waals surface area contributed by atoms with Crippen molar-refractivity contribution in [1.29, 1.82) is 0 Å². The minimum Gasteiger partial charge on any atom is -0.326 e. The maximum absolute atomic E-state index is 13.9. The van der Waals surface area contributed by atoms with Crippen LogP contribution >= 0.6 is 15.9 Å². The van der Waals surface area contributed by atoms with E-state index in [1.165, 1.54) is 6.07 Å². The van der Waals surface area contributed by atoms with Crippen molar-refractivity contribution in [3.8, 4) is 0 Å². The molecule has 1 aromatic carbocycles. The van der Waals surface area contributed by atoms with Crippen LogP contribution in [-0.2, 0) is 6.54 Å². The van der Waals surface area contributed by atoms with E-state index in [1.54, 1.807) is 18.3 Å². The first kappa shape index (κ1) is 14.0. The summed E-state index contributed by atoms with van der Waals surface area (Å²) >= 11 is 3.37. The summed E-state index contributed by atoms with van der Waals surface area (Å²) in [6, 6.07) is 8.57. The highest BCUT2D eigenvalue weighted by Gasteiger charge is 2.16. The van der Waals surface area contributed by atoms with Crippen molar-refractivity contribution < 1.29 is 4.39 Å². The van der Waals surface area contributed by atoms with Crippen LogP contribution in [-0.4, -0.2) is 11.5 Å². The molecule has 1 aromatic heterocycles. The minimum atomic E-state index is -0.267. The van der Waals surface area contributed by atoms with Gasteiger partial charge in [-0.25, -0.2) is 9.37 Å². The average molecular weight is 324 g/mol. The lowest BCUT2D eigenvalue weighted by atomic mass is 10.2. The van der Waals surface area contributed by atoms with Gasteiger partial charge in [0.15, 0.2) is 0 Å². The molecule has 0 amide bonds. The molecule has 0 radical (unpaired) electrons. The number of rotatable bonds is 4. The van der Waals surface area contributed by atoms with Crippen molar-refractivity contribution >= 4 is 27.4 Å². The summed E-state index contributed by atoms with van der Waals surface area (Å²) in [5.41, 5.74) is 7.13.